The molecule has 13 heavy (non-hydrogen) atoms. The van der Waals surface area contributed by atoms with Gasteiger partial charge in [0.2, 0.25) is 0 Å². The van der Waals surface area contributed by atoms with E-state index in [1.54, 1.807) is 12.4 Å². The van der Waals surface area contributed by atoms with Gasteiger partial charge in [-0.1, -0.05) is 11.6 Å². The van der Waals surface area contributed by atoms with E-state index in [0.717, 1.165) is 17.6 Å². The van der Waals surface area contributed by atoms with E-state index in [4.69, 9.17) is 11.6 Å². The molecule has 0 aromatic carbocycles. The SMILES string of the molecule is Clc1nsnc1NCc1ncc[nH]1. The number of H-pyrrole nitrogens is 1. The Labute approximate surface area is 83.5 Å². The van der Waals surface area contributed by atoms with Crippen LogP contribution in [0.1, 0.15) is 5.82 Å². The minimum Gasteiger partial charge on any atom is -0.359 e. The number of aromatic amines is 1. The second-order valence-corrected chi connectivity index (χ2v) is 3.18. The molecule has 0 amide bonds. The normalized spacial score (nSPS) is 10.2. The number of hydrogen-bond acceptors (Lipinski definition) is 5. The van der Waals surface area contributed by atoms with Crippen molar-refractivity contribution >= 4 is 29.1 Å². The fraction of sp³-hybridized carbons (Fsp3) is 0.167. The molecule has 0 unspecified atom stereocenters. The second kappa shape index (κ2) is 3.71. The summed E-state index contributed by atoms with van der Waals surface area (Å²) in [7, 11) is 0. The largest absolute Gasteiger partial charge is 0.359 e. The molecular weight excluding hydrogens is 210 g/mol. The van der Waals surface area contributed by atoms with Crippen LogP contribution in [-0.2, 0) is 6.54 Å². The third-order valence-electron chi connectivity index (χ3n) is 1.43. The summed E-state index contributed by atoms with van der Waals surface area (Å²) in [6.45, 7) is 0.568. The molecule has 2 rings (SSSR count). The number of hydrogen-bond donors (Lipinski definition) is 2. The number of aromatic nitrogens is 4. The molecule has 0 fully saturated rings. The maximum Gasteiger partial charge on any atom is 0.186 e. The van der Waals surface area contributed by atoms with Crippen LogP contribution in [0.15, 0.2) is 12.4 Å². The van der Waals surface area contributed by atoms with Crippen LogP contribution in [-0.4, -0.2) is 18.7 Å². The van der Waals surface area contributed by atoms with Crippen molar-refractivity contribution in [2.24, 2.45) is 0 Å². The van der Waals surface area contributed by atoms with Crippen molar-refractivity contribution in [1.29, 1.82) is 0 Å². The summed E-state index contributed by atoms with van der Waals surface area (Å²) in [4.78, 5) is 7.00. The van der Waals surface area contributed by atoms with Gasteiger partial charge in [0.1, 0.15) is 5.82 Å². The van der Waals surface area contributed by atoms with Crippen molar-refractivity contribution in [2.75, 3.05) is 5.32 Å². The van der Waals surface area contributed by atoms with E-state index in [2.05, 4.69) is 24.0 Å². The highest BCUT2D eigenvalue weighted by atomic mass is 35.5. The molecule has 0 saturated carbocycles. The molecule has 68 valence electrons. The molecule has 0 spiro atoms. The van der Waals surface area contributed by atoms with Crippen LogP contribution in [0.4, 0.5) is 5.82 Å². The Morgan fingerprint density at radius 2 is 2.46 bits per heavy atom. The number of anilines is 1. The van der Waals surface area contributed by atoms with E-state index in [9.17, 15) is 0 Å². The van der Waals surface area contributed by atoms with Gasteiger partial charge in [0.25, 0.3) is 0 Å². The molecular formula is C6H6ClN5S. The Hall–Kier alpha value is -1.14. The van der Waals surface area contributed by atoms with Crippen molar-refractivity contribution in [2.45, 2.75) is 6.54 Å². The molecule has 2 aromatic heterocycles. The molecule has 7 heteroatoms. The lowest BCUT2D eigenvalue weighted by molar-refractivity contribution is 0.994. The number of nitrogens with zero attached hydrogens (tertiary/aromatic N) is 3. The topological polar surface area (TPSA) is 66.5 Å². The quantitative estimate of drug-likeness (QED) is 0.815. The molecule has 0 radical (unpaired) electrons. The summed E-state index contributed by atoms with van der Waals surface area (Å²) in [5.41, 5.74) is 0. The molecule has 2 heterocycles. The van der Waals surface area contributed by atoms with Gasteiger partial charge in [0.15, 0.2) is 11.0 Å². The summed E-state index contributed by atoms with van der Waals surface area (Å²) in [5, 5.41) is 3.41. The standard InChI is InChI=1S/C6H6ClN5S/c7-5-6(12-13-11-5)10-3-4-8-1-2-9-4/h1-2H,3H2,(H,8,9)(H,10,12). The van der Waals surface area contributed by atoms with E-state index in [1.165, 1.54) is 0 Å². The van der Waals surface area contributed by atoms with Crippen LogP contribution in [0, 0.1) is 0 Å². The van der Waals surface area contributed by atoms with Crippen molar-refractivity contribution in [3.05, 3.63) is 23.4 Å². The summed E-state index contributed by atoms with van der Waals surface area (Å²) < 4.78 is 7.78. The minimum absolute atomic E-state index is 0.400. The summed E-state index contributed by atoms with van der Waals surface area (Å²) in [6.07, 6.45) is 3.45. The molecule has 5 nitrogen and oxygen atoms in total. The summed E-state index contributed by atoms with van der Waals surface area (Å²) in [5.74, 6) is 1.44. The molecule has 0 atom stereocenters. The van der Waals surface area contributed by atoms with Crippen LogP contribution >= 0.6 is 23.3 Å². The Kier molecular flexibility index (Phi) is 2.42. The lowest BCUT2D eigenvalue weighted by Crippen LogP contribution is -2.01. The van der Waals surface area contributed by atoms with E-state index < -0.39 is 0 Å². The van der Waals surface area contributed by atoms with Crippen LogP contribution < -0.4 is 5.32 Å². The maximum absolute atomic E-state index is 5.72. The van der Waals surface area contributed by atoms with Crippen LogP contribution in [0.2, 0.25) is 5.15 Å². The Bertz CT molecular complexity index is 370. The average Bonchev–Trinajstić information content (AvgIpc) is 2.72. The first-order valence-electron chi connectivity index (χ1n) is 3.56. The van der Waals surface area contributed by atoms with Gasteiger partial charge in [0, 0.05) is 12.4 Å². The highest BCUT2D eigenvalue weighted by Gasteiger charge is 2.04. The molecule has 0 aliphatic rings. The van der Waals surface area contributed by atoms with Crippen molar-refractivity contribution in [3.8, 4) is 0 Å². The lowest BCUT2D eigenvalue weighted by Gasteiger charge is -1.98. The third kappa shape index (κ3) is 1.96. The Balaban J connectivity index is 1.97. The van der Waals surface area contributed by atoms with Crippen molar-refractivity contribution in [3.63, 3.8) is 0 Å². The molecule has 2 aromatic rings. The van der Waals surface area contributed by atoms with Gasteiger partial charge in [-0.2, -0.15) is 8.75 Å². The van der Waals surface area contributed by atoms with E-state index in [1.807, 2.05) is 0 Å². The van der Waals surface area contributed by atoms with Crippen LogP contribution in [0.25, 0.3) is 0 Å². The first-order chi connectivity index (χ1) is 6.36. The predicted octanol–water partition coefficient (Wildman–Crippen LogP) is 1.53. The van der Waals surface area contributed by atoms with Crippen molar-refractivity contribution < 1.29 is 0 Å². The molecule has 0 aliphatic carbocycles. The van der Waals surface area contributed by atoms with Gasteiger partial charge in [-0.05, 0) is 0 Å². The summed E-state index contributed by atoms with van der Waals surface area (Å²) >= 11 is 6.80. The highest BCUT2D eigenvalue weighted by Crippen LogP contribution is 2.17. The third-order valence-corrected chi connectivity index (χ3v) is 2.32. The maximum atomic E-state index is 5.72. The Morgan fingerprint density at radius 1 is 1.54 bits per heavy atom. The van der Waals surface area contributed by atoms with Gasteiger partial charge in [-0.25, -0.2) is 4.98 Å². The number of rotatable bonds is 3. The summed E-state index contributed by atoms with van der Waals surface area (Å²) in [6, 6.07) is 0. The van der Waals surface area contributed by atoms with Crippen LogP contribution in [0.3, 0.4) is 0 Å². The van der Waals surface area contributed by atoms with Crippen molar-refractivity contribution in [1.82, 2.24) is 18.7 Å². The fourth-order valence-corrected chi connectivity index (χ4v) is 1.53. The van der Waals surface area contributed by atoms with E-state index in [0.29, 0.717) is 17.5 Å². The first-order valence-corrected chi connectivity index (χ1v) is 4.67. The molecule has 2 N–H and O–H groups in total. The minimum atomic E-state index is 0.400. The molecule has 0 saturated heterocycles. The first kappa shape index (κ1) is 8.46. The molecule has 0 aliphatic heterocycles. The van der Waals surface area contributed by atoms with Gasteiger partial charge in [-0.15, -0.1) is 0 Å². The number of nitrogens with one attached hydrogen (secondary N) is 2. The smallest absolute Gasteiger partial charge is 0.186 e. The second-order valence-electron chi connectivity index (χ2n) is 2.29. The van der Waals surface area contributed by atoms with E-state index in [-0.39, 0.29) is 0 Å². The zero-order valence-electron chi connectivity index (χ0n) is 6.49. The molecule has 0 bridgehead atoms. The zero-order valence-corrected chi connectivity index (χ0v) is 8.06. The van der Waals surface area contributed by atoms with Crippen LogP contribution in [0.5, 0.6) is 0 Å². The fourth-order valence-electron chi connectivity index (χ4n) is 0.845. The van der Waals surface area contributed by atoms with Gasteiger partial charge < -0.3 is 10.3 Å². The average molecular weight is 216 g/mol. The Morgan fingerprint density at radius 3 is 3.08 bits per heavy atom. The van der Waals surface area contributed by atoms with Gasteiger partial charge >= 0.3 is 0 Å². The highest BCUT2D eigenvalue weighted by molar-refractivity contribution is 6.99. The number of halogens is 1. The van der Waals surface area contributed by atoms with E-state index >= 15 is 0 Å². The lowest BCUT2D eigenvalue weighted by atomic mass is 10.6. The number of imidazole rings is 1. The predicted molar refractivity (Wildman–Crippen MR) is 50.8 cm³/mol. The monoisotopic (exact) mass is 215 g/mol. The van der Waals surface area contributed by atoms with Gasteiger partial charge in [0.05, 0.1) is 18.3 Å². The zero-order chi connectivity index (χ0) is 9.10. The van der Waals surface area contributed by atoms with Gasteiger partial charge in [-0.3, -0.25) is 0 Å².